The summed E-state index contributed by atoms with van der Waals surface area (Å²) in [7, 11) is 0. The highest BCUT2D eigenvalue weighted by Crippen LogP contribution is 2.33. The zero-order chi connectivity index (χ0) is 22.6. The predicted molar refractivity (Wildman–Crippen MR) is 123 cm³/mol. The Balaban J connectivity index is 1.00. The Morgan fingerprint density at radius 2 is 1.94 bits per heavy atom. The maximum atomic E-state index is 12.8. The van der Waals surface area contributed by atoms with E-state index in [1.54, 1.807) is 24.5 Å². The largest absolute Gasteiger partial charge is 0.454 e. The number of amides is 2. The molecule has 2 aliphatic rings. The molecule has 1 saturated heterocycles. The van der Waals surface area contributed by atoms with Gasteiger partial charge >= 0.3 is 0 Å². The number of carbonyl (C=O) groups excluding carboxylic acids is 2. The number of carbonyl (C=O) groups is 2. The number of benzene rings is 1. The van der Waals surface area contributed by atoms with Gasteiger partial charge in [0, 0.05) is 48.5 Å². The summed E-state index contributed by atoms with van der Waals surface area (Å²) in [6.45, 7) is 2.44. The van der Waals surface area contributed by atoms with Crippen molar-refractivity contribution in [2.45, 2.75) is 32.1 Å². The highest BCUT2D eigenvalue weighted by atomic mass is 16.7. The van der Waals surface area contributed by atoms with Crippen molar-refractivity contribution in [1.29, 1.82) is 0 Å². The lowest BCUT2D eigenvalue weighted by atomic mass is 9.91. The highest BCUT2D eigenvalue weighted by Gasteiger charge is 2.25. The highest BCUT2D eigenvalue weighted by molar-refractivity contribution is 5.97. The third-order valence-corrected chi connectivity index (χ3v) is 6.51. The van der Waals surface area contributed by atoms with Crippen LogP contribution >= 0.6 is 0 Å². The van der Waals surface area contributed by atoms with Gasteiger partial charge in [0.15, 0.2) is 11.5 Å². The number of H-pyrrole nitrogens is 1. The van der Waals surface area contributed by atoms with Gasteiger partial charge in [0.2, 0.25) is 6.79 Å². The Hall–Kier alpha value is -3.55. The molecule has 0 aliphatic carbocycles. The van der Waals surface area contributed by atoms with Crippen LogP contribution < -0.4 is 14.8 Å². The lowest BCUT2D eigenvalue weighted by Crippen LogP contribution is -2.38. The fourth-order valence-electron chi connectivity index (χ4n) is 4.59. The van der Waals surface area contributed by atoms with E-state index in [1.165, 1.54) is 0 Å². The molecule has 0 saturated carbocycles. The molecule has 0 spiro atoms. The molecule has 2 N–H and O–H groups in total. The fraction of sp³-hybridized carbons (Fsp3) is 0.400. The number of unbranched alkanes of at least 4 members (excludes halogenated alkanes) is 1. The number of aromatic amines is 1. The van der Waals surface area contributed by atoms with Gasteiger partial charge < -0.3 is 24.7 Å². The van der Waals surface area contributed by atoms with E-state index in [-0.39, 0.29) is 18.6 Å². The second-order valence-corrected chi connectivity index (χ2v) is 8.70. The second-order valence-electron chi connectivity index (χ2n) is 8.70. The number of nitrogens with one attached hydrogen (secondary N) is 2. The van der Waals surface area contributed by atoms with Crippen LogP contribution in [0.5, 0.6) is 11.5 Å². The van der Waals surface area contributed by atoms with Crippen LogP contribution in [0.3, 0.4) is 0 Å². The summed E-state index contributed by atoms with van der Waals surface area (Å²) < 4.78 is 10.7. The van der Waals surface area contributed by atoms with E-state index in [0.29, 0.717) is 35.2 Å². The van der Waals surface area contributed by atoms with E-state index in [1.807, 2.05) is 23.1 Å². The molecule has 2 aromatic heterocycles. The number of rotatable bonds is 7. The molecule has 2 amide bonds. The van der Waals surface area contributed by atoms with E-state index >= 15 is 0 Å². The molecule has 8 heteroatoms. The Bertz CT molecular complexity index is 1120. The van der Waals surface area contributed by atoms with E-state index < -0.39 is 0 Å². The van der Waals surface area contributed by atoms with Crippen molar-refractivity contribution in [2.24, 2.45) is 5.92 Å². The molecule has 3 aromatic rings. The van der Waals surface area contributed by atoms with Gasteiger partial charge in [0.05, 0.1) is 0 Å². The van der Waals surface area contributed by atoms with E-state index in [0.717, 1.165) is 56.1 Å². The van der Waals surface area contributed by atoms with Crippen LogP contribution in [0.25, 0.3) is 10.9 Å². The summed E-state index contributed by atoms with van der Waals surface area (Å²) in [5, 5.41) is 3.93. The molecule has 1 fully saturated rings. The fourth-order valence-corrected chi connectivity index (χ4v) is 4.59. The van der Waals surface area contributed by atoms with Crippen molar-refractivity contribution in [3.8, 4) is 11.5 Å². The molecule has 5 rings (SSSR count). The maximum Gasteiger partial charge on any atom is 0.267 e. The minimum Gasteiger partial charge on any atom is -0.454 e. The molecule has 0 atom stereocenters. The lowest BCUT2D eigenvalue weighted by Gasteiger charge is -2.32. The Morgan fingerprint density at radius 3 is 2.79 bits per heavy atom. The van der Waals surface area contributed by atoms with Crippen molar-refractivity contribution in [2.75, 3.05) is 26.4 Å². The first-order chi connectivity index (χ1) is 16.2. The number of piperidine rings is 1. The number of likely N-dealkylation sites (tertiary alicyclic amines) is 1. The van der Waals surface area contributed by atoms with Crippen molar-refractivity contribution in [3.63, 3.8) is 0 Å². The van der Waals surface area contributed by atoms with E-state index in [2.05, 4.69) is 15.3 Å². The van der Waals surface area contributed by atoms with Gasteiger partial charge in [-0.25, -0.2) is 0 Å². The van der Waals surface area contributed by atoms with Crippen LogP contribution in [0, 0.1) is 5.92 Å². The standard InChI is InChI=1S/C25H28N4O4/c30-24(21-13-19-15-26-10-6-20(19)28-21)27-9-2-1-3-17-7-11-29(12-8-17)25(31)18-4-5-22-23(14-18)33-16-32-22/h4-6,10,13-15,17,28H,1-3,7-9,11-12,16H2,(H,27,30). The summed E-state index contributed by atoms with van der Waals surface area (Å²) in [6, 6.07) is 9.08. The van der Waals surface area contributed by atoms with Gasteiger partial charge in [-0.1, -0.05) is 12.8 Å². The lowest BCUT2D eigenvalue weighted by molar-refractivity contribution is 0.0685. The summed E-state index contributed by atoms with van der Waals surface area (Å²) in [5.74, 6) is 1.94. The van der Waals surface area contributed by atoms with Gasteiger partial charge in [-0.2, -0.15) is 0 Å². The van der Waals surface area contributed by atoms with Crippen molar-refractivity contribution in [3.05, 3.63) is 54.0 Å². The predicted octanol–water partition coefficient (Wildman–Crippen LogP) is 3.74. The SMILES string of the molecule is O=C(NCCCCC1CCN(C(=O)c2ccc3c(c2)OCO3)CC1)c1cc2cnccc2[nH]1. The summed E-state index contributed by atoms with van der Waals surface area (Å²) >= 11 is 0. The van der Waals surface area contributed by atoms with Crippen LogP contribution in [0.15, 0.2) is 42.7 Å². The third kappa shape index (κ3) is 4.79. The first-order valence-electron chi connectivity index (χ1n) is 11.6. The molecule has 4 heterocycles. The number of pyridine rings is 1. The molecule has 0 bridgehead atoms. The molecule has 1 aromatic carbocycles. The topological polar surface area (TPSA) is 96.6 Å². The first-order valence-corrected chi connectivity index (χ1v) is 11.6. The van der Waals surface area contributed by atoms with Crippen LogP contribution in [0.4, 0.5) is 0 Å². The Kier molecular flexibility index (Phi) is 6.15. The monoisotopic (exact) mass is 448 g/mol. The number of hydrogen-bond donors (Lipinski definition) is 2. The third-order valence-electron chi connectivity index (χ3n) is 6.51. The average molecular weight is 449 g/mol. The number of nitrogens with zero attached hydrogens (tertiary/aromatic N) is 2. The quantitative estimate of drug-likeness (QED) is 0.537. The smallest absolute Gasteiger partial charge is 0.267 e. The van der Waals surface area contributed by atoms with Crippen LogP contribution in [0.2, 0.25) is 0 Å². The molecule has 0 radical (unpaired) electrons. The molecular weight excluding hydrogens is 420 g/mol. The number of hydrogen-bond acceptors (Lipinski definition) is 5. The van der Waals surface area contributed by atoms with Gasteiger partial charge in [-0.15, -0.1) is 0 Å². The van der Waals surface area contributed by atoms with Crippen molar-refractivity contribution >= 4 is 22.7 Å². The van der Waals surface area contributed by atoms with Crippen molar-refractivity contribution in [1.82, 2.24) is 20.2 Å². The van der Waals surface area contributed by atoms with Crippen LogP contribution in [0.1, 0.15) is 53.0 Å². The zero-order valence-corrected chi connectivity index (χ0v) is 18.5. The van der Waals surface area contributed by atoms with Crippen LogP contribution in [-0.4, -0.2) is 53.1 Å². The number of ether oxygens (including phenoxy) is 2. The number of fused-ring (bicyclic) bond motifs is 2. The molecule has 2 aliphatic heterocycles. The summed E-state index contributed by atoms with van der Waals surface area (Å²) in [5.41, 5.74) is 2.13. The summed E-state index contributed by atoms with van der Waals surface area (Å²) in [6.07, 6.45) is 8.63. The van der Waals surface area contributed by atoms with Crippen LogP contribution in [-0.2, 0) is 0 Å². The molecule has 0 unspecified atom stereocenters. The first kappa shape index (κ1) is 21.3. The Labute approximate surface area is 192 Å². The Morgan fingerprint density at radius 1 is 1.09 bits per heavy atom. The molecular formula is C25H28N4O4. The second kappa shape index (κ2) is 9.52. The molecule has 172 valence electrons. The van der Waals surface area contributed by atoms with Gasteiger partial charge in [-0.3, -0.25) is 14.6 Å². The van der Waals surface area contributed by atoms with E-state index in [9.17, 15) is 9.59 Å². The minimum absolute atomic E-state index is 0.0576. The van der Waals surface area contributed by atoms with E-state index in [4.69, 9.17) is 9.47 Å². The van der Waals surface area contributed by atoms with Gasteiger partial charge in [0.1, 0.15) is 5.69 Å². The van der Waals surface area contributed by atoms with Crippen molar-refractivity contribution < 1.29 is 19.1 Å². The minimum atomic E-state index is -0.0819. The number of aromatic nitrogens is 2. The average Bonchev–Trinajstić information content (AvgIpc) is 3.50. The van der Waals surface area contributed by atoms with Gasteiger partial charge in [-0.05, 0) is 55.5 Å². The summed E-state index contributed by atoms with van der Waals surface area (Å²) in [4.78, 5) is 34.3. The molecule has 8 nitrogen and oxygen atoms in total. The normalized spacial score (nSPS) is 15.7. The maximum absolute atomic E-state index is 12.8. The van der Waals surface area contributed by atoms with Gasteiger partial charge in [0.25, 0.3) is 11.8 Å². The molecule has 33 heavy (non-hydrogen) atoms. The zero-order valence-electron chi connectivity index (χ0n) is 18.5.